The Morgan fingerprint density at radius 1 is 1.24 bits per heavy atom. The van der Waals surface area contributed by atoms with E-state index in [2.05, 4.69) is 10.3 Å². The standard InChI is InChI=1S/C16H18N2O3/c1-21-14-4-2-13(3-5-14)15(11-19)16(20)18-10-12-6-8-17-9-7-12/h2-9,15,19H,10-11H2,1H3,(H,18,20). The number of pyridine rings is 1. The largest absolute Gasteiger partial charge is 0.497 e. The Morgan fingerprint density at radius 3 is 2.48 bits per heavy atom. The predicted octanol–water partition coefficient (Wildman–Crippen LogP) is 1.48. The quantitative estimate of drug-likeness (QED) is 0.844. The van der Waals surface area contributed by atoms with Crippen LogP contribution in [0.2, 0.25) is 0 Å². The summed E-state index contributed by atoms with van der Waals surface area (Å²) in [7, 11) is 1.58. The molecule has 21 heavy (non-hydrogen) atoms. The van der Waals surface area contributed by atoms with Gasteiger partial charge < -0.3 is 15.2 Å². The molecule has 1 unspecified atom stereocenters. The van der Waals surface area contributed by atoms with E-state index in [1.807, 2.05) is 12.1 Å². The minimum atomic E-state index is -0.585. The van der Waals surface area contributed by atoms with Gasteiger partial charge in [-0.25, -0.2) is 0 Å². The summed E-state index contributed by atoms with van der Waals surface area (Å²) in [6, 6.07) is 10.8. The summed E-state index contributed by atoms with van der Waals surface area (Å²) in [5.41, 5.74) is 1.72. The summed E-state index contributed by atoms with van der Waals surface area (Å²) in [6.07, 6.45) is 3.35. The van der Waals surface area contributed by atoms with Crippen LogP contribution in [0.15, 0.2) is 48.8 Å². The van der Waals surface area contributed by atoms with Gasteiger partial charge in [-0.2, -0.15) is 0 Å². The molecule has 0 aliphatic heterocycles. The first kappa shape index (κ1) is 15.0. The SMILES string of the molecule is COc1ccc(C(CO)C(=O)NCc2ccncc2)cc1. The molecule has 0 spiro atoms. The Bertz CT molecular complexity index is 570. The van der Waals surface area contributed by atoms with Gasteiger partial charge in [0, 0.05) is 18.9 Å². The molecule has 0 aliphatic carbocycles. The molecule has 1 amide bonds. The van der Waals surface area contributed by atoms with Gasteiger partial charge >= 0.3 is 0 Å². The van der Waals surface area contributed by atoms with E-state index in [4.69, 9.17) is 4.74 Å². The number of carbonyl (C=O) groups is 1. The molecule has 2 N–H and O–H groups in total. The lowest BCUT2D eigenvalue weighted by Gasteiger charge is -2.15. The van der Waals surface area contributed by atoms with E-state index in [-0.39, 0.29) is 12.5 Å². The summed E-state index contributed by atoms with van der Waals surface area (Å²) < 4.78 is 5.08. The van der Waals surface area contributed by atoms with Crippen LogP contribution in [-0.4, -0.2) is 29.7 Å². The zero-order valence-electron chi connectivity index (χ0n) is 11.8. The van der Waals surface area contributed by atoms with Gasteiger partial charge in [-0.1, -0.05) is 12.1 Å². The fourth-order valence-corrected chi connectivity index (χ4v) is 1.99. The normalized spacial score (nSPS) is 11.7. The Balaban J connectivity index is 2.00. The highest BCUT2D eigenvalue weighted by Gasteiger charge is 2.19. The van der Waals surface area contributed by atoms with Crippen LogP contribution in [0.4, 0.5) is 0 Å². The maximum absolute atomic E-state index is 12.2. The van der Waals surface area contributed by atoms with Crippen molar-refractivity contribution in [1.29, 1.82) is 0 Å². The second-order valence-corrected chi connectivity index (χ2v) is 4.58. The van der Waals surface area contributed by atoms with Gasteiger partial charge in [0.1, 0.15) is 5.75 Å². The van der Waals surface area contributed by atoms with Gasteiger partial charge in [-0.15, -0.1) is 0 Å². The summed E-state index contributed by atoms with van der Waals surface area (Å²) in [4.78, 5) is 16.1. The van der Waals surface area contributed by atoms with Crippen LogP contribution in [0, 0.1) is 0 Å². The first-order chi connectivity index (χ1) is 10.2. The second-order valence-electron chi connectivity index (χ2n) is 4.58. The highest BCUT2D eigenvalue weighted by Crippen LogP contribution is 2.19. The molecule has 0 fully saturated rings. The molecular formula is C16H18N2O3. The molecule has 0 saturated carbocycles. The molecule has 1 heterocycles. The van der Waals surface area contributed by atoms with Crippen molar-refractivity contribution in [3.8, 4) is 5.75 Å². The number of aromatic nitrogens is 1. The molecule has 1 aromatic carbocycles. The van der Waals surface area contributed by atoms with Crippen molar-refractivity contribution in [2.45, 2.75) is 12.5 Å². The molecular weight excluding hydrogens is 268 g/mol. The lowest BCUT2D eigenvalue weighted by atomic mass is 9.99. The Kier molecular flexibility index (Phi) is 5.29. The number of hydrogen-bond acceptors (Lipinski definition) is 4. The van der Waals surface area contributed by atoms with E-state index in [1.54, 1.807) is 43.8 Å². The van der Waals surface area contributed by atoms with Crippen LogP contribution in [0.3, 0.4) is 0 Å². The van der Waals surface area contributed by atoms with E-state index in [0.29, 0.717) is 12.3 Å². The molecule has 1 atom stereocenters. The van der Waals surface area contributed by atoms with Crippen LogP contribution in [0.1, 0.15) is 17.0 Å². The van der Waals surface area contributed by atoms with Crippen LogP contribution >= 0.6 is 0 Å². The third-order valence-corrected chi connectivity index (χ3v) is 3.23. The summed E-state index contributed by atoms with van der Waals surface area (Å²) in [5.74, 6) is -0.0788. The van der Waals surface area contributed by atoms with E-state index in [9.17, 15) is 9.90 Å². The number of nitrogens with zero attached hydrogens (tertiary/aromatic N) is 1. The average Bonchev–Trinajstić information content (AvgIpc) is 2.55. The van der Waals surface area contributed by atoms with E-state index in [1.165, 1.54) is 0 Å². The highest BCUT2D eigenvalue weighted by atomic mass is 16.5. The molecule has 0 saturated heterocycles. The number of rotatable bonds is 6. The lowest BCUT2D eigenvalue weighted by molar-refractivity contribution is -0.123. The number of methoxy groups -OCH3 is 1. The third-order valence-electron chi connectivity index (χ3n) is 3.23. The average molecular weight is 286 g/mol. The molecule has 0 bridgehead atoms. The third kappa shape index (κ3) is 4.03. The van der Waals surface area contributed by atoms with E-state index < -0.39 is 5.92 Å². The number of nitrogens with one attached hydrogen (secondary N) is 1. The summed E-state index contributed by atoms with van der Waals surface area (Å²) >= 11 is 0. The fourth-order valence-electron chi connectivity index (χ4n) is 1.99. The molecule has 2 aromatic rings. The first-order valence-corrected chi connectivity index (χ1v) is 6.66. The lowest BCUT2D eigenvalue weighted by Crippen LogP contribution is -2.30. The second kappa shape index (κ2) is 7.40. The molecule has 110 valence electrons. The summed E-state index contributed by atoms with van der Waals surface area (Å²) in [6.45, 7) is 0.169. The molecule has 2 rings (SSSR count). The van der Waals surface area contributed by atoms with Crippen LogP contribution in [-0.2, 0) is 11.3 Å². The number of carbonyl (C=O) groups excluding carboxylic acids is 1. The molecule has 0 aliphatic rings. The number of hydrogen-bond donors (Lipinski definition) is 2. The zero-order chi connectivity index (χ0) is 15.1. The number of aliphatic hydroxyl groups is 1. The van der Waals surface area contributed by atoms with E-state index >= 15 is 0 Å². The van der Waals surface area contributed by atoms with Crippen LogP contribution in [0.25, 0.3) is 0 Å². The summed E-state index contributed by atoms with van der Waals surface area (Å²) in [5, 5.41) is 12.3. The van der Waals surface area contributed by atoms with Gasteiger partial charge in [0.15, 0.2) is 0 Å². The Labute approximate surface area is 123 Å². The van der Waals surface area contributed by atoms with Crippen molar-refractivity contribution in [3.05, 3.63) is 59.9 Å². The van der Waals surface area contributed by atoms with Crippen molar-refractivity contribution in [2.24, 2.45) is 0 Å². The van der Waals surface area contributed by atoms with Gasteiger partial charge in [0.05, 0.1) is 19.6 Å². The van der Waals surface area contributed by atoms with Gasteiger partial charge in [0.2, 0.25) is 5.91 Å². The van der Waals surface area contributed by atoms with Gasteiger partial charge in [0.25, 0.3) is 0 Å². The maximum Gasteiger partial charge on any atom is 0.230 e. The molecule has 0 radical (unpaired) electrons. The minimum Gasteiger partial charge on any atom is -0.497 e. The molecule has 1 aromatic heterocycles. The van der Waals surface area contributed by atoms with Crippen molar-refractivity contribution < 1.29 is 14.6 Å². The number of aliphatic hydroxyl groups excluding tert-OH is 1. The van der Waals surface area contributed by atoms with Crippen molar-refractivity contribution in [3.63, 3.8) is 0 Å². The van der Waals surface area contributed by atoms with Crippen LogP contribution < -0.4 is 10.1 Å². The van der Waals surface area contributed by atoms with Crippen molar-refractivity contribution >= 4 is 5.91 Å². The fraction of sp³-hybridized carbons (Fsp3) is 0.250. The highest BCUT2D eigenvalue weighted by molar-refractivity contribution is 5.83. The monoisotopic (exact) mass is 286 g/mol. The van der Waals surface area contributed by atoms with Crippen molar-refractivity contribution in [2.75, 3.05) is 13.7 Å². The van der Waals surface area contributed by atoms with E-state index in [0.717, 1.165) is 11.1 Å². The van der Waals surface area contributed by atoms with Crippen LogP contribution in [0.5, 0.6) is 5.75 Å². The molecule has 5 heteroatoms. The smallest absolute Gasteiger partial charge is 0.230 e. The topological polar surface area (TPSA) is 71.5 Å². The zero-order valence-corrected chi connectivity index (χ0v) is 11.8. The van der Waals surface area contributed by atoms with Gasteiger partial charge in [-0.05, 0) is 35.4 Å². The Morgan fingerprint density at radius 2 is 1.90 bits per heavy atom. The Hall–Kier alpha value is -2.40. The number of amides is 1. The van der Waals surface area contributed by atoms with Crippen molar-refractivity contribution in [1.82, 2.24) is 10.3 Å². The predicted molar refractivity (Wildman–Crippen MR) is 78.9 cm³/mol. The minimum absolute atomic E-state index is 0.209. The first-order valence-electron chi connectivity index (χ1n) is 6.66. The number of ether oxygens (including phenoxy) is 1. The molecule has 5 nitrogen and oxygen atoms in total. The number of benzene rings is 1. The maximum atomic E-state index is 12.2. The van der Waals surface area contributed by atoms with Gasteiger partial charge in [-0.3, -0.25) is 9.78 Å².